The molecule has 0 radical (unpaired) electrons. The van der Waals surface area contributed by atoms with Crippen molar-refractivity contribution in [2.24, 2.45) is 10.9 Å². The number of hydrogen-bond acceptors (Lipinski definition) is 1. The van der Waals surface area contributed by atoms with Gasteiger partial charge in [-0.2, -0.15) is 0 Å². The zero-order chi connectivity index (χ0) is 14.8. The van der Waals surface area contributed by atoms with Crippen molar-refractivity contribution in [1.82, 2.24) is 0 Å². The first-order valence-corrected chi connectivity index (χ1v) is 7.71. The van der Waals surface area contributed by atoms with Gasteiger partial charge in [-0.05, 0) is 50.5 Å². The smallest absolute Gasteiger partial charge is 0.123 e. The third-order valence-electron chi connectivity index (χ3n) is 5.03. The maximum Gasteiger partial charge on any atom is 0.123 e. The Bertz CT molecular complexity index is 721. The lowest BCUT2D eigenvalue weighted by Crippen LogP contribution is -2.33. The van der Waals surface area contributed by atoms with Crippen LogP contribution in [0.1, 0.15) is 50.7 Å². The van der Waals surface area contributed by atoms with Gasteiger partial charge in [0.15, 0.2) is 0 Å². The Morgan fingerprint density at radius 3 is 2.86 bits per heavy atom. The highest BCUT2D eigenvalue weighted by Crippen LogP contribution is 2.49. The molecule has 2 atom stereocenters. The number of rotatable bonds is 0. The summed E-state index contributed by atoms with van der Waals surface area (Å²) >= 11 is 0. The number of hydrogen-bond donors (Lipinski definition) is 0. The average molecular weight is 281 g/mol. The van der Waals surface area contributed by atoms with Crippen LogP contribution in [0.3, 0.4) is 0 Å². The second-order valence-electron chi connectivity index (χ2n) is 7.16. The van der Waals surface area contributed by atoms with Crippen LogP contribution in [0, 0.1) is 11.7 Å². The molecule has 2 heteroatoms. The molecular weight excluding hydrogens is 261 g/mol. The summed E-state index contributed by atoms with van der Waals surface area (Å²) in [5, 5.41) is 0. The molecule has 108 valence electrons. The minimum Gasteiger partial charge on any atom is -0.283 e. The predicted octanol–water partition coefficient (Wildman–Crippen LogP) is 4.90. The number of fused-ring (bicyclic) bond motifs is 4. The molecule has 0 aromatic heterocycles. The first-order valence-electron chi connectivity index (χ1n) is 7.71. The number of allylic oxidation sites excluding steroid dienone is 2. The second-order valence-corrected chi connectivity index (χ2v) is 7.16. The normalized spacial score (nSPS) is 28.9. The van der Waals surface area contributed by atoms with Gasteiger partial charge >= 0.3 is 0 Å². The van der Waals surface area contributed by atoms with E-state index in [1.807, 2.05) is 6.07 Å². The maximum absolute atomic E-state index is 13.4. The van der Waals surface area contributed by atoms with Crippen molar-refractivity contribution in [2.45, 2.75) is 45.1 Å². The molecule has 1 aromatic rings. The van der Waals surface area contributed by atoms with E-state index in [1.54, 1.807) is 12.1 Å². The Labute approximate surface area is 125 Å². The Balaban J connectivity index is 1.76. The van der Waals surface area contributed by atoms with E-state index >= 15 is 0 Å². The molecule has 3 aliphatic rings. The highest BCUT2D eigenvalue weighted by molar-refractivity contribution is 5.95. The zero-order valence-corrected chi connectivity index (χ0v) is 12.8. The van der Waals surface area contributed by atoms with Crippen LogP contribution >= 0.6 is 0 Å². The van der Waals surface area contributed by atoms with Crippen molar-refractivity contribution in [3.05, 3.63) is 52.4 Å². The third-order valence-corrected chi connectivity index (χ3v) is 5.03. The largest absolute Gasteiger partial charge is 0.283 e. The second kappa shape index (κ2) is 4.16. The van der Waals surface area contributed by atoms with Gasteiger partial charge in [0.2, 0.25) is 0 Å². The molecule has 1 fully saturated rings. The molecule has 2 aliphatic carbocycles. The van der Waals surface area contributed by atoms with Gasteiger partial charge in [0.05, 0.1) is 5.54 Å². The van der Waals surface area contributed by atoms with Crippen molar-refractivity contribution >= 4 is 11.8 Å². The lowest BCUT2D eigenvalue weighted by Gasteiger charge is -2.37. The number of nitrogens with zero attached hydrogens (tertiary/aromatic N) is 1. The summed E-state index contributed by atoms with van der Waals surface area (Å²) in [4.78, 5) is 4.95. The van der Waals surface area contributed by atoms with Gasteiger partial charge in [-0.3, -0.25) is 4.99 Å². The third kappa shape index (κ3) is 2.00. The van der Waals surface area contributed by atoms with E-state index in [0.717, 1.165) is 18.4 Å². The zero-order valence-electron chi connectivity index (χ0n) is 12.8. The molecule has 1 aromatic carbocycles. The predicted molar refractivity (Wildman–Crippen MR) is 85.1 cm³/mol. The lowest BCUT2D eigenvalue weighted by atomic mass is 9.71. The van der Waals surface area contributed by atoms with Crippen LogP contribution in [0.4, 0.5) is 4.39 Å². The van der Waals surface area contributed by atoms with E-state index in [4.69, 9.17) is 4.99 Å². The molecule has 0 amide bonds. The van der Waals surface area contributed by atoms with Crippen molar-refractivity contribution in [2.75, 3.05) is 0 Å². The van der Waals surface area contributed by atoms with E-state index < -0.39 is 0 Å². The van der Waals surface area contributed by atoms with E-state index in [9.17, 15) is 4.39 Å². The molecule has 0 spiro atoms. The molecule has 2 unspecified atom stereocenters. The van der Waals surface area contributed by atoms with Gasteiger partial charge in [0.1, 0.15) is 5.82 Å². The van der Waals surface area contributed by atoms with Gasteiger partial charge in [0, 0.05) is 24.0 Å². The summed E-state index contributed by atoms with van der Waals surface area (Å²) in [6, 6.07) is 5.22. The molecule has 0 N–H and O–H groups in total. The molecular formula is C19H20FN. The highest BCUT2D eigenvalue weighted by Gasteiger charge is 2.38. The van der Waals surface area contributed by atoms with Gasteiger partial charge in [-0.25, -0.2) is 4.39 Å². The van der Waals surface area contributed by atoms with Gasteiger partial charge in [-0.1, -0.05) is 29.4 Å². The van der Waals surface area contributed by atoms with E-state index in [-0.39, 0.29) is 11.4 Å². The van der Waals surface area contributed by atoms with Gasteiger partial charge in [0.25, 0.3) is 0 Å². The molecule has 4 rings (SSSR count). The molecule has 1 heterocycles. The van der Waals surface area contributed by atoms with Gasteiger partial charge in [-0.15, -0.1) is 0 Å². The number of benzene rings is 1. The number of halogens is 1. The first-order chi connectivity index (χ1) is 9.93. The summed E-state index contributed by atoms with van der Waals surface area (Å²) in [5.74, 6) is 0.779. The first kappa shape index (κ1) is 13.0. The highest BCUT2D eigenvalue weighted by atomic mass is 19.1. The Morgan fingerprint density at radius 2 is 2.05 bits per heavy atom. The maximum atomic E-state index is 13.4. The fourth-order valence-corrected chi connectivity index (χ4v) is 4.27. The van der Waals surface area contributed by atoms with Crippen LogP contribution in [0.25, 0.3) is 6.08 Å². The van der Waals surface area contributed by atoms with E-state index in [1.165, 1.54) is 22.4 Å². The van der Waals surface area contributed by atoms with Crippen molar-refractivity contribution in [3.8, 4) is 0 Å². The van der Waals surface area contributed by atoms with Gasteiger partial charge < -0.3 is 0 Å². The monoisotopic (exact) mass is 281 g/mol. The van der Waals surface area contributed by atoms with Crippen LogP contribution in [0.5, 0.6) is 0 Å². The van der Waals surface area contributed by atoms with Crippen LogP contribution in [-0.2, 0) is 0 Å². The molecule has 1 nitrogen and oxygen atoms in total. The summed E-state index contributed by atoms with van der Waals surface area (Å²) in [6.45, 7) is 6.56. The number of aliphatic imine (C=N–C) groups is 1. The molecule has 1 aliphatic heterocycles. The minimum absolute atomic E-state index is 0.0825. The summed E-state index contributed by atoms with van der Waals surface area (Å²) in [6.07, 6.45) is 6.51. The SMILES string of the molecule is CC1=CC(C)(C)N=C2CC3=Cc4cc(F)ccc4C3CC12. The lowest BCUT2D eigenvalue weighted by molar-refractivity contribution is 0.539. The fourth-order valence-electron chi connectivity index (χ4n) is 4.27. The standard InChI is InChI=1S/C19H20FN/c1-11-10-19(2,3)21-18-8-13-6-12-7-14(20)4-5-15(12)17(13)9-16(11)18/h4-7,10,16-17H,8-9H2,1-3H3. The average Bonchev–Trinajstić information content (AvgIpc) is 2.71. The van der Waals surface area contributed by atoms with Crippen LogP contribution in [-0.4, -0.2) is 11.3 Å². The molecule has 1 saturated carbocycles. The Morgan fingerprint density at radius 1 is 1.24 bits per heavy atom. The van der Waals surface area contributed by atoms with Crippen LogP contribution < -0.4 is 0 Å². The topological polar surface area (TPSA) is 12.4 Å². The molecule has 0 bridgehead atoms. The summed E-state index contributed by atoms with van der Waals surface area (Å²) in [7, 11) is 0. The molecule has 0 saturated heterocycles. The Hall–Kier alpha value is -1.70. The quantitative estimate of drug-likeness (QED) is 0.600. The van der Waals surface area contributed by atoms with E-state index in [2.05, 4.69) is 32.9 Å². The van der Waals surface area contributed by atoms with Crippen LogP contribution in [0.2, 0.25) is 0 Å². The summed E-state index contributed by atoms with van der Waals surface area (Å²) < 4.78 is 13.4. The van der Waals surface area contributed by atoms with Crippen LogP contribution in [0.15, 0.2) is 40.4 Å². The molecule has 21 heavy (non-hydrogen) atoms. The van der Waals surface area contributed by atoms with Crippen molar-refractivity contribution in [3.63, 3.8) is 0 Å². The fraction of sp³-hybridized carbons (Fsp3) is 0.421. The van der Waals surface area contributed by atoms with Crippen molar-refractivity contribution in [1.29, 1.82) is 0 Å². The number of dihydropyridines is 1. The minimum atomic E-state index is -0.142. The summed E-state index contributed by atoms with van der Waals surface area (Å²) in [5.41, 5.74) is 6.45. The van der Waals surface area contributed by atoms with E-state index in [0.29, 0.717) is 11.8 Å². The van der Waals surface area contributed by atoms with Crippen molar-refractivity contribution < 1.29 is 4.39 Å². The Kier molecular flexibility index (Phi) is 2.57.